The van der Waals surface area contributed by atoms with Crippen LogP contribution in [0, 0.1) is 0 Å². The van der Waals surface area contributed by atoms with Gasteiger partial charge in [-0.25, -0.2) is 4.79 Å². The highest BCUT2D eigenvalue weighted by Crippen LogP contribution is 2.39. The molecule has 1 N–H and O–H groups in total. The predicted octanol–water partition coefficient (Wildman–Crippen LogP) is 2.83. The van der Waals surface area contributed by atoms with Crippen LogP contribution in [0.5, 0.6) is 0 Å². The lowest BCUT2D eigenvalue weighted by Gasteiger charge is -2.38. The lowest BCUT2D eigenvalue weighted by molar-refractivity contribution is 0.00578. The van der Waals surface area contributed by atoms with Gasteiger partial charge in [0.1, 0.15) is 0 Å². The van der Waals surface area contributed by atoms with E-state index < -0.39 is 0 Å². The summed E-state index contributed by atoms with van der Waals surface area (Å²) in [5.74, 6) is 0. The molecule has 3 aliphatic rings. The van der Waals surface area contributed by atoms with Gasteiger partial charge >= 0.3 is 13.1 Å². The van der Waals surface area contributed by atoms with Gasteiger partial charge in [0.2, 0.25) is 0 Å². The molecule has 7 heteroatoms. The Labute approximate surface area is 164 Å². The molecule has 27 heavy (non-hydrogen) atoms. The third-order valence-corrected chi connectivity index (χ3v) is 6.33. The van der Waals surface area contributed by atoms with Crippen molar-refractivity contribution in [3.8, 4) is 0 Å². The van der Waals surface area contributed by atoms with E-state index in [9.17, 15) is 4.79 Å². The van der Waals surface area contributed by atoms with Crippen LogP contribution in [0.2, 0.25) is 0 Å². The average Bonchev–Trinajstić information content (AvgIpc) is 2.82. The highest BCUT2D eigenvalue weighted by molar-refractivity contribution is 6.54. The van der Waals surface area contributed by atoms with Crippen molar-refractivity contribution >= 4 is 13.1 Å². The molecule has 0 aliphatic carbocycles. The average molecular weight is 377 g/mol. The molecule has 2 fully saturated rings. The Bertz CT molecular complexity index is 575. The molecule has 3 rings (SSSR count). The first kappa shape index (κ1) is 20.7. The molecule has 1 atom stereocenters. The Morgan fingerprint density at radius 3 is 2.41 bits per heavy atom. The van der Waals surface area contributed by atoms with E-state index in [0.29, 0.717) is 18.6 Å². The summed E-state index contributed by atoms with van der Waals surface area (Å²) >= 11 is 0. The number of carbonyl (C=O) groups excluding carboxylic acids is 1. The molecule has 0 bridgehead atoms. The summed E-state index contributed by atoms with van der Waals surface area (Å²) in [6.45, 7) is 15.6. The van der Waals surface area contributed by atoms with Gasteiger partial charge in [-0.15, -0.1) is 0 Å². The summed E-state index contributed by atoms with van der Waals surface area (Å²) in [4.78, 5) is 16.9. The second kappa shape index (κ2) is 7.76. The monoisotopic (exact) mass is 377 g/mol. The number of carbonyl (C=O) groups is 1. The van der Waals surface area contributed by atoms with E-state index in [4.69, 9.17) is 9.31 Å². The maximum absolute atomic E-state index is 13.0. The molecule has 0 radical (unpaired) electrons. The summed E-state index contributed by atoms with van der Waals surface area (Å²) in [6, 6.07) is 1.02. The molecule has 0 aromatic rings. The van der Waals surface area contributed by atoms with Crippen LogP contribution in [0.3, 0.4) is 0 Å². The quantitative estimate of drug-likeness (QED) is 0.769. The summed E-state index contributed by atoms with van der Waals surface area (Å²) in [5, 5.41) is 3.57. The molecule has 2 amide bonds. The molecule has 0 aromatic carbocycles. The van der Waals surface area contributed by atoms with E-state index in [2.05, 4.69) is 52.9 Å². The largest absolute Gasteiger partial charge is 0.490 e. The van der Waals surface area contributed by atoms with Gasteiger partial charge in [0.05, 0.1) is 11.2 Å². The zero-order valence-electron chi connectivity index (χ0n) is 17.9. The molecule has 0 aromatic heterocycles. The first-order valence-electron chi connectivity index (χ1n) is 10.4. The minimum Gasteiger partial charge on any atom is -0.400 e. The van der Waals surface area contributed by atoms with Crippen LogP contribution in [-0.4, -0.2) is 72.4 Å². The number of likely N-dealkylation sites (tertiary alicyclic amines) is 1. The Hall–Kier alpha value is -1.05. The fraction of sp³-hybridized carbons (Fsp3) is 0.850. The summed E-state index contributed by atoms with van der Waals surface area (Å²) in [5.41, 5.74) is 0.519. The van der Waals surface area contributed by atoms with Crippen molar-refractivity contribution < 1.29 is 14.1 Å². The molecule has 152 valence electrons. The molecule has 3 aliphatic heterocycles. The van der Waals surface area contributed by atoms with Gasteiger partial charge in [-0.05, 0) is 52.4 Å². The standard InChI is InChI=1S/C20H36BN3O3/c1-15(2)22-17-8-7-11-24(14-17)18(25)23-12-9-16(10-13-23)21-26-19(3,4)20(5,6)27-21/h9,15,17,22H,7-8,10-14H2,1-6H3. The number of nitrogens with one attached hydrogen (secondary N) is 1. The molecular formula is C20H36BN3O3. The van der Waals surface area contributed by atoms with E-state index in [1.165, 1.54) is 0 Å². The normalized spacial score (nSPS) is 27.9. The first-order valence-corrected chi connectivity index (χ1v) is 10.4. The van der Waals surface area contributed by atoms with Crippen LogP contribution in [0.4, 0.5) is 4.79 Å². The second-order valence-electron chi connectivity index (χ2n) is 9.45. The lowest BCUT2D eigenvalue weighted by Crippen LogP contribution is -2.54. The number of hydrogen-bond acceptors (Lipinski definition) is 4. The van der Waals surface area contributed by atoms with Crippen molar-refractivity contribution in [3.63, 3.8) is 0 Å². The fourth-order valence-corrected chi connectivity index (χ4v) is 4.03. The fourth-order valence-electron chi connectivity index (χ4n) is 4.03. The molecule has 2 saturated heterocycles. The molecule has 0 spiro atoms. The van der Waals surface area contributed by atoms with E-state index in [0.717, 1.165) is 44.4 Å². The van der Waals surface area contributed by atoms with E-state index in [1.807, 2.05) is 9.80 Å². The highest BCUT2D eigenvalue weighted by atomic mass is 16.7. The minimum atomic E-state index is -0.322. The van der Waals surface area contributed by atoms with Crippen LogP contribution in [-0.2, 0) is 9.31 Å². The van der Waals surface area contributed by atoms with Crippen molar-refractivity contribution in [1.29, 1.82) is 0 Å². The summed E-state index contributed by atoms with van der Waals surface area (Å²) in [7, 11) is -0.290. The van der Waals surface area contributed by atoms with E-state index in [-0.39, 0.29) is 24.4 Å². The number of nitrogens with zero attached hydrogens (tertiary/aromatic N) is 2. The van der Waals surface area contributed by atoms with Crippen molar-refractivity contribution in [3.05, 3.63) is 11.5 Å². The highest BCUT2D eigenvalue weighted by Gasteiger charge is 2.52. The van der Waals surface area contributed by atoms with Crippen LogP contribution < -0.4 is 5.32 Å². The number of rotatable bonds is 3. The van der Waals surface area contributed by atoms with Gasteiger partial charge in [0, 0.05) is 38.3 Å². The van der Waals surface area contributed by atoms with Gasteiger partial charge < -0.3 is 24.4 Å². The maximum atomic E-state index is 13.0. The van der Waals surface area contributed by atoms with Crippen LogP contribution >= 0.6 is 0 Å². The third kappa shape index (κ3) is 4.52. The van der Waals surface area contributed by atoms with Crippen molar-refractivity contribution in [1.82, 2.24) is 15.1 Å². The zero-order valence-corrected chi connectivity index (χ0v) is 17.9. The molecular weight excluding hydrogens is 341 g/mol. The van der Waals surface area contributed by atoms with Crippen LogP contribution in [0.15, 0.2) is 11.5 Å². The summed E-state index contributed by atoms with van der Waals surface area (Å²) in [6.07, 6.45) is 5.15. The second-order valence-corrected chi connectivity index (χ2v) is 9.45. The predicted molar refractivity (Wildman–Crippen MR) is 109 cm³/mol. The smallest absolute Gasteiger partial charge is 0.400 e. The van der Waals surface area contributed by atoms with E-state index in [1.54, 1.807) is 0 Å². The minimum absolute atomic E-state index is 0.162. The van der Waals surface area contributed by atoms with Gasteiger partial charge in [-0.2, -0.15) is 0 Å². The first-order chi connectivity index (χ1) is 12.6. The van der Waals surface area contributed by atoms with Crippen molar-refractivity contribution in [2.45, 2.75) is 84.1 Å². The number of piperidine rings is 1. The maximum Gasteiger partial charge on any atom is 0.490 e. The molecule has 3 heterocycles. The van der Waals surface area contributed by atoms with Gasteiger partial charge in [0.15, 0.2) is 0 Å². The number of urea groups is 1. The molecule has 6 nitrogen and oxygen atoms in total. The molecule has 1 unspecified atom stereocenters. The number of amides is 2. The van der Waals surface area contributed by atoms with Crippen molar-refractivity contribution in [2.24, 2.45) is 0 Å². The third-order valence-electron chi connectivity index (χ3n) is 6.33. The Balaban J connectivity index is 1.56. The van der Waals surface area contributed by atoms with Gasteiger partial charge in [0.25, 0.3) is 0 Å². The summed E-state index contributed by atoms with van der Waals surface area (Å²) < 4.78 is 12.3. The van der Waals surface area contributed by atoms with Crippen LogP contribution in [0.1, 0.15) is 60.8 Å². The van der Waals surface area contributed by atoms with Crippen LogP contribution in [0.25, 0.3) is 0 Å². The number of hydrogen-bond donors (Lipinski definition) is 1. The Morgan fingerprint density at radius 2 is 1.85 bits per heavy atom. The van der Waals surface area contributed by atoms with E-state index >= 15 is 0 Å². The Morgan fingerprint density at radius 1 is 1.19 bits per heavy atom. The van der Waals surface area contributed by atoms with Crippen molar-refractivity contribution in [2.75, 3.05) is 26.2 Å². The topological polar surface area (TPSA) is 54.0 Å². The SMILES string of the molecule is CC(C)NC1CCCN(C(=O)N2CC=C(B3OC(C)(C)C(C)(C)O3)CC2)C1. The lowest BCUT2D eigenvalue weighted by atomic mass is 9.75. The molecule has 0 saturated carbocycles. The van der Waals surface area contributed by atoms with Gasteiger partial charge in [-0.1, -0.05) is 19.9 Å². The Kier molecular flexibility index (Phi) is 5.95. The zero-order chi connectivity index (χ0) is 19.8. The van der Waals surface area contributed by atoms with Gasteiger partial charge in [-0.3, -0.25) is 0 Å².